The van der Waals surface area contributed by atoms with Gasteiger partial charge in [0.05, 0.1) is 7.11 Å². The Balaban J connectivity index is 2.16. The third-order valence-corrected chi connectivity index (χ3v) is 2.88. The molecular formula is C16H15FN2O4. The fourth-order valence-electron chi connectivity index (χ4n) is 1.85. The Kier molecular flexibility index (Phi) is 5.14. The van der Waals surface area contributed by atoms with Gasteiger partial charge in [-0.25, -0.2) is 4.39 Å². The number of methoxy groups -OCH3 is 1. The lowest BCUT2D eigenvalue weighted by Gasteiger charge is -2.11. The molecule has 0 aromatic heterocycles. The first-order valence-electron chi connectivity index (χ1n) is 6.65. The number of carbonyl (C=O) groups is 2. The molecular weight excluding hydrogens is 303 g/mol. The number of ether oxygens (including phenoxy) is 2. The molecule has 0 unspecified atom stereocenters. The highest BCUT2D eigenvalue weighted by Gasteiger charge is 2.12. The Morgan fingerprint density at radius 1 is 1.17 bits per heavy atom. The maximum Gasteiger partial charge on any atom is 0.255 e. The van der Waals surface area contributed by atoms with Crippen LogP contribution < -0.4 is 20.5 Å². The molecule has 0 radical (unpaired) electrons. The van der Waals surface area contributed by atoms with Crippen molar-refractivity contribution in [2.75, 3.05) is 19.0 Å². The molecule has 0 fully saturated rings. The van der Waals surface area contributed by atoms with Crippen LogP contribution in [0.1, 0.15) is 10.4 Å². The molecule has 0 saturated heterocycles. The van der Waals surface area contributed by atoms with Crippen LogP contribution in [0.5, 0.6) is 11.5 Å². The van der Waals surface area contributed by atoms with Gasteiger partial charge in [0, 0.05) is 11.3 Å². The van der Waals surface area contributed by atoms with E-state index in [1.54, 1.807) is 6.07 Å². The van der Waals surface area contributed by atoms with Crippen molar-refractivity contribution in [3.63, 3.8) is 0 Å². The number of benzene rings is 2. The SMILES string of the molecule is COc1cc(C(=O)Nc2cccc(F)c2)ccc1OCC(N)=O. The molecule has 6 nitrogen and oxygen atoms in total. The van der Waals surface area contributed by atoms with Crippen LogP contribution in [-0.4, -0.2) is 25.5 Å². The minimum atomic E-state index is -0.625. The number of primary amides is 1. The van der Waals surface area contributed by atoms with Crippen LogP contribution in [0.3, 0.4) is 0 Å². The number of nitrogens with two attached hydrogens (primary N) is 1. The smallest absolute Gasteiger partial charge is 0.255 e. The van der Waals surface area contributed by atoms with E-state index in [4.69, 9.17) is 15.2 Å². The molecule has 23 heavy (non-hydrogen) atoms. The van der Waals surface area contributed by atoms with Crippen molar-refractivity contribution in [1.29, 1.82) is 0 Å². The van der Waals surface area contributed by atoms with E-state index in [1.807, 2.05) is 0 Å². The summed E-state index contributed by atoms with van der Waals surface area (Å²) in [5, 5.41) is 2.57. The minimum Gasteiger partial charge on any atom is -0.493 e. The summed E-state index contributed by atoms with van der Waals surface area (Å²) < 4.78 is 23.4. The van der Waals surface area contributed by atoms with Gasteiger partial charge >= 0.3 is 0 Å². The van der Waals surface area contributed by atoms with Crippen molar-refractivity contribution in [2.24, 2.45) is 5.73 Å². The third kappa shape index (κ3) is 4.44. The van der Waals surface area contributed by atoms with E-state index < -0.39 is 17.6 Å². The Morgan fingerprint density at radius 3 is 2.61 bits per heavy atom. The van der Waals surface area contributed by atoms with Gasteiger partial charge in [-0.3, -0.25) is 9.59 Å². The summed E-state index contributed by atoms with van der Waals surface area (Å²) in [7, 11) is 1.40. The summed E-state index contributed by atoms with van der Waals surface area (Å²) in [5.41, 5.74) is 5.63. The predicted molar refractivity (Wildman–Crippen MR) is 82.0 cm³/mol. The van der Waals surface area contributed by atoms with Gasteiger partial charge in [-0.15, -0.1) is 0 Å². The Morgan fingerprint density at radius 2 is 1.96 bits per heavy atom. The number of rotatable bonds is 6. The Bertz CT molecular complexity index is 734. The molecule has 2 aromatic carbocycles. The first kappa shape index (κ1) is 16.3. The van der Waals surface area contributed by atoms with E-state index >= 15 is 0 Å². The summed E-state index contributed by atoms with van der Waals surface area (Å²) in [6, 6.07) is 9.98. The Hall–Kier alpha value is -3.09. The second kappa shape index (κ2) is 7.26. The zero-order valence-corrected chi connectivity index (χ0v) is 12.3. The van der Waals surface area contributed by atoms with Gasteiger partial charge in [0.1, 0.15) is 5.82 Å². The first-order chi connectivity index (χ1) is 11.0. The van der Waals surface area contributed by atoms with Crippen molar-refractivity contribution >= 4 is 17.5 Å². The van der Waals surface area contributed by atoms with Crippen LogP contribution in [0, 0.1) is 5.82 Å². The van der Waals surface area contributed by atoms with Crippen molar-refractivity contribution in [1.82, 2.24) is 0 Å². The molecule has 0 spiro atoms. The summed E-state index contributed by atoms with van der Waals surface area (Å²) in [6.07, 6.45) is 0. The number of amides is 2. The lowest BCUT2D eigenvalue weighted by atomic mass is 10.2. The summed E-state index contributed by atoms with van der Waals surface area (Å²) in [4.78, 5) is 22.9. The number of nitrogens with one attached hydrogen (secondary N) is 1. The van der Waals surface area contributed by atoms with Crippen LogP contribution in [0.2, 0.25) is 0 Å². The second-order valence-electron chi connectivity index (χ2n) is 4.59. The number of hydrogen-bond acceptors (Lipinski definition) is 4. The lowest BCUT2D eigenvalue weighted by Crippen LogP contribution is -2.20. The zero-order chi connectivity index (χ0) is 16.8. The molecule has 0 saturated carbocycles. The molecule has 2 rings (SSSR count). The van der Waals surface area contributed by atoms with Crippen LogP contribution in [0.25, 0.3) is 0 Å². The number of anilines is 1. The maximum atomic E-state index is 13.1. The normalized spacial score (nSPS) is 10.0. The van der Waals surface area contributed by atoms with Crippen molar-refractivity contribution in [3.8, 4) is 11.5 Å². The third-order valence-electron chi connectivity index (χ3n) is 2.88. The fraction of sp³-hybridized carbons (Fsp3) is 0.125. The van der Waals surface area contributed by atoms with E-state index in [9.17, 15) is 14.0 Å². The topological polar surface area (TPSA) is 90.7 Å². The first-order valence-corrected chi connectivity index (χ1v) is 6.65. The molecule has 120 valence electrons. The van der Waals surface area contributed by atoms with E-state index in [1.165, 1.54) is 43.5 Å². The number of hydrogen-bond donors (Lipinski definition) is 2. The minimum absolute atomic E-state index is 0.276. The number of halogens is 1. The van der Waals surface area contributed by atoms with Crippen LogP contribution >= 0.6 is 0 Å². The highest BCUT2D eigenvalue weighted by Crippen LogP contribution is 2.28. The molecule has 0 atom stereocenters. The molecule has 0 aliphatic carbocycles. The summed E-state index contributed by atoms with van der Waals surface area (Å²) in [5.74, 6) is -0.947. The molecule has 0 heterocycles. The van der Waals surface area contributed by atoms with Crippen LogP contribution in [-0.2, 0) is 4.79 Å². The van der Waals surface area contributed by atoms with Gasteiger partial charge in [0.2, 0.25) is 0 Å². The van der Waals surface area contributed by atoms with Gasteiger partial charge in [0.25, 0.3) is 11.8 Å². The molecule has 2 aromatic rings. The molecule has 0 aliphatic heterocycles. The monoisotopic (exact) mass is 318 g/mol. The van der Waals surface area contributed by atoms with Crippen molar-refractivity contribution < 1.29 is 23.5 Å². The predicted octanol–water partition coefficient (Wildman–Crippen LogP) is 1.95. The van der Waals surface area contributed by atoms with E-state index in [-0.39, 0.29) is 23.7 Å². The maximum absolute atomic E-state index is 13.1. The van der Waals surface area contributed by atoms with E-state index in [0.717, 1.165) is 0 Å². The molecule has 2 amide bonds. The number of carbonyl (C=O) groups excluding carboxylic acids is 2. The van der Waals surface area contributed by atoms with E-state index in [0.29, 0.717) is 5.69 Å². The van der Waals surface area contributed by atoms with Gasteiger partial charge in [0.15, 0.2) is 18.1 Å². The van der Waals surface area contributed by atoms with Gasteiger partial charge in [-0.05, 0) is 36.4 Å². The van der Waals surface area contributed by atoms with Gasteiger partial charge < -0.3 is 20.5 Å². The zero-order valence-electron chi connectivity index (χ0n) is 12.3. The molecule has 7 heteroatoms. The lowest BCUT2D eigenvalue weighted by molar-refractivity contribution is -0.119. The second-order valence-corrected chi connectivity index (χ2v) is 4.59. The van der Waals surface area contributed by atoms with Gasteiger partial charge in [-0.1, -0.05) is 6.07 Å². The van der Waals surface area contributed by atoms with Crippen LogP contribution in [0.15, 0.2) is 42.5 Å². The highest BCUT2D eigenvalue weighted by atomic mass is 19.1. The van der Waals surface area contributed by atoms with Crippen molar-refractivity contribution in [2.45, 2.75) is 0 Å². The van der Waals surface area contributed by atoms with Crippen molar-refractivity contribution in [3.05, 3.63) is 53.8 Å². The summed E-state index contributed by atoms with van der Waals surface area (Å²) in [6.45, 7) is -0.300. The molecule has 0 aliphatic rings. The fourth-order valence-corrected chi connectivity index (χ4v) is 1.85. The van der Waals surface area contributed by atoms with Crippen LogP contribution in [0.4, 0.5) is 10.1 Å². The molecule has 3 N–H and O–H groups in total. The largest absolute Gasteiger partial charge is 0.493 e. The summed E-state index contributed by atoms with van der Waals surface area (Å²) >= 11 is 0. The average molecular weight is 318 g/mol. The van der Waals surface area contributed by atoms with E-state index in [2.05, 4.69) is 5.32 Å². The van der Waals surface area contributed by atoms with Gasteiger partial charge in [-0.2, -0.15) is 0 Å². The standard InChI is InChI=1S/C16H15FN2O4/c1-22-14-7-10(5-6-13(14)23-9-15(18)20)16(21)19-12-4-2-3-11(17)8-12/h2-8H,9H2,1H3,(H2,18,20)(H,19,21). The quantitative estimate of drug-likeness (QED) is 0.851. The molecule has 0 bridgehead atoms. The average Bonchev–Trinajstić information content (AvgIpc) is 2.52. The highest BCUT2D eigenvalue weighted by molar-refractivity contribution is 6.04. The Labute approximate surface area is 132 Å².